The lowest BCUT2D eigenvalue weighted by atomic mass is 9.87. The summed E-state index contributed by atoms with van der Waals surface area (Å²) >= 11 is 6.72. The molecule has 2 heterocycles. The van der Waals surface area contributed by atoms with Gasteiger partial charge in [-0.2, -0.15) is 27.2 Å². The first-order valence-electron chi connectivity index (χ1n) is 16.0. The topological polar surface area (TPSA) is 247 Å². The minimum Gasteiger partial charge on any atom is -0.465 e. The molecule has 0 aliphatic carbocycles. The number of nitrogens with zero attached hydrogens (tertiary/aromatic N) is 7. The van der Waals surface area contributed by atoms with Crippen molar-refractivity contribution in [1.29, 1.82) is 5.26 Å². The van der Waals surface area contributed by atoms with Crippen molar-refractivity contribution in [2.45, 2.75) is 43.9 Å². The SMILES string of the molecule is CCOC(=O)CN(CCC#N)c1ccc(/N=C2/C(C(C)(C)C)=Nn3nc(-c4ccc(NC(=O)c5cc(S(=O)(=O)O)cc(S(=O)(=O)O)c5)cc4)nc32)c(Cl)c1. The van der Waals surface area contributed by atoms with E-state index in [-0.39, 0.29) is 42.7 Å². The molecule has 0 fully saturated rings. The Morgan fingerprint density at radius 3 is 2.22 bits per heavy atom. The molecule has 0 unspecified atom stereocenters. The number of nitriles is 1. The minimum atomic E-state index is -4.92. The van der Waals surface area contributed by atoms with E-state index in [2.05, 4.69) is 26.6 Å². The van der Waals surface area contributed by atoms with Gasteiger partial charge in [0.25, 0.3) is 26.1 Å². The van der Waals surface area contributed by atoms with Crippen molar-refractivity contribution < 1.29 is 40.3 Å². The van der Waals surface area contributed by atoms with Crippen LogP contribution in [0.1, 0.15) is 50.3 Å². The van der Waals surface area contributed by atoms with Gasteiger partial charge < -0.3 is 15.0 Å². The number of carbonyl (C=O) groups excluding carboxylic acids is 2. The van der Waals surface area contributed by atoms with Crippen LogP contribution in [0.15, 0.2) is 80.5 Å². The van der Waals surface area contributed by atoms with Gasteiger partial charge in [-0.3, -0.25) is 18.7 Å². The molecule has 1 amide bonds. The maximum Gasteiger partial charge on any atom is 0.325 e. The fraction of sp³-hybridized carbons (Fsp3) is 0.265. The minimum absolute atomic E-state index is 0.0669. The highest BCUT2D eigenvalue weighted by atomic mass is 35.5. The third kappa shape index (κ3) is 9.15. The van der Waals surface area contributed by atoms with Crippen LogP contribution in [0.4, 0.5) is 17.1 Å². The zero-order chi connectivity index (χ0) is 39.6. The summed E-state index contributed by atoms with van der Waals surface area (Å²) in [5, 5.41) is 21.1. The van der Waals surface area contributed by atoms with Crippen molar-refractivity contribution in [1.82, 2.24) is 14.9 Å². The summed E-state index contributed by atoms with van der Waals surface area (Å²) < 4.78 is 70.5. The van der Waals surface area contributed by atoms with Crippen LogP contribution in [-0.2, 0) is 29.8 Å². The number of aliphatic imine (C=N–C) groups is 1. The zero-order valence-electron chi connectivity index (χ0n) is 29.2. The smallest absolute Gasteiger partial charge is 0.325 e. The highest BCUT2D eigenvalue weighted by molar-refractivity contribution is 7.86. The zero-order valence-corrected chi connectivity index (χ0v) is 31.6. The highest BCUT2D eigenvalue weighted by Gasteiger charge is 2.35. The van der Waals surface area contributed by atoms with Crippen molar-refractivity contribution in [3.05, 3.63) is 77.1 Å². The fourth-order valence-electron chi connectivity index (χ4n) is 5.16. The Bertz CT molecular complexity index is 2420. The predicted octanol–water partition coefficient (Wildman–Crippen LogP) is 5.01. The summed E-state index contributed by atoms with van der Waals surface area (Å²) in [7, 11) is -9.84. The number of halogens is 1. The van der Waals surface area contributed by atoms with E-state index in [1.165, 1.54) is 16.9 Å². The molecule has 3 aromatic carbocycles. The molecule has 17 nitrogen and oxygen atoms in total. The Kier molecular flexibility index (Phi) is 11.4. The largest absolute Gasteiger partial charge is 0.465 e. The lowest BCUT2D eigenvalue weighted by Crippen LogP contribution is -2.31. The number of fused-ring (bicyclic) bond motifs is 1. The van der Waals surface area contributed by atoms with Crippen LogP contribution in [-0.4, -0.2) is 83.8 Å². The second kappa shape index (κ2) is 15.5. The lowest BCUT2D eigenvalue weighted by Gasteiger charge is -2.23. The van der Waals surface area contributed by atoms with Gasteiger partial charge >= 0.3 is 5.97 Å². The van der Waals surface area contributed by atoms with Gasteiger partial charge in [-0.1, -0.05) is 32.4 Å². The molecule has 0 saturated carbocycles. The van der Waals surface area contributed by atoms with Crippen LogP contribution in [0.3, 0.4) is 0 Å². The number of ether oxygens (including phenoxy) is 1. The average molecular weight is 797 g/mol. The molecular formula is C34H33ClN8O9S2. The molecule has 0 bridgehead atoms. The molecule has 0 atom stereocenters. The first-order valence-corrected chi connectivity index (χ1v) is 19.3. The number of amides is 1. The Morgan fingerprint density at radius 2 is 1.67 bits per heavy atom. The number of esters is 1. The average Bonchev–Trinajstić information content (AvgIpc) is 3.66. The molecular weight excluding hydrogens is 764 g/mol. The van der Waals surface area contributed by atoms with Crippen molar-refractivity contribution >= 4 is 72.2 Å². The van der Waals surface area contributed by atoms with Crippen molar-refractivity contribution in [2.75, 3.05) is 29.9 Å². The summed E-state index contributed by atoms with van der Waals surface area (Å²) in [4.78, 5) is 35.9. The third-order valence-corrected chi connectivity index (χ3v) is 9.68. The van der Waals surface area contributed by atoms with E-state index in [9.17, 15) is 35.5 Å². The fourth-order valence-corrected chi connectivity index (χ4v) is 6.55. The molecule has 0 saturated heterocycles. The molecule has 1 aliphatic heterocycles. The number of rotatable bonds is 12. The molecule has 4 aromatic rings. The lowest BCUT2D eigenvalue weighted by molar-refractivity contribution is -0.141. The molecule has 0 radical (unpaired) electrons. The van der Waals surface area contributed by atoms with Gasteiger partial charge in [0.1, 0.15) is 12.3 Å². The Labute approximate surface area is 315 Å². The molecule has 3 N–H and O–H groups in total. The number of hydrogen-bond acceptors (Lipinski definition) is 13. The van der Waals surface area contributed by atoms with E-state index >= 15 is 0 Å². The van der Waals surface area contributed by atoms with Crippen molar-refractivity contribution in [3.8, 4) is 17.5 Å². The molecule has 1 aliphatic rings. The van der Waals surface area contributed by atoms with Gasteiger partial charge in [0.2, 0.25) is 5.82 Å². The van der Waals surface area contributed by atoms with E-state index < -0.39 is 52.9 Å². The molecule has 0 spiro atoms. The van der Waals surface area contributed by atoms with E-state index in [1.54, 1.807) is 42.2 Å². The van der Waals surface area contributed by atoms with Gasteiger partial charge in [-0.05, 0) is 67.6 Å². The van der Waals surface area contributed by atoms with Gasteiger partial charge in [0.15, 0.2) is 5.82 Å². The Hall–Kier alpha value is -5.52. The van der Waals surface area contributed by atoms with Crippen LogP contribution in [0.2, 0.25) is 5.02 Å². The Morgan fingerprint density at radius 1 is 1.02 bits per heavy atom. The van der Waals surface area contributed by atoms with Crippen LogP contribution in [0.5, 0.6) is 0 Å². The Balaban J connectivity index is 1.42. The van der Waals surface area contributed by atoms with Gasteiger partial charge in [-0.25, -0.2) is 9.98 Å². The molecule has 5 rings (SSSR count). The maximum absolute atomic E-state index is 12.9. The van der Waals surface area contributed by atoms with Gasteiger partial charge in [0, 0.05) is 34.5 Å². The van der Waals surface area contributed by atoms with Crippen LogP contribution in [0.25, 0.3) is 11.4 Å². The molecule has 54 heavy (non-hydrogen) atoms. The van der Waals surface area contributed by atoms with E-state index in [0.29, 0.717) is 40.3 Å². The predicted molar refractivity (Wildman–Crippen MR) is 198 cm³/mol. The molecule has 20 heteroatoms. The second-order valence-electron chi connectivity index (χ2n) is 12.8. The summed E-state index contributed by atoms with van der Waals surface area (Å²) in [6.07, 6.45) is 0.177. The second-order valence-corrected chi connectivity index (χ2v) is 16.0. The van der Waals surface area contributed by atoms with Gasteiger partial charge in [-0.15, -0.1) is 9.89 Å². The van der Waals surface area contributed by atoms with Crippen LogP contribution < -0.4 is 10.2 Å². The number of benzene rings is 3. The number of carbonyl (C=O) groups is 2. The summed E-state index contributed by atoms with van der Waals surface area (Å²) in [6, 6.07) is 15.4. The van der Waals surface area contributed by atoms with Crippen molar-refractivity contribution in [3.63, 3.8) is 0 Å². The van der Waals surface area contributed by atoms with Crippen LogP contribution >= 0.6 is 11.6 Å². The number of anilines is 2. The molecule has 282 valence electrons. The van der Waals surface area contributed by atoms with Crippen LogP contribution in [0, 0.1) is 16.7 Å². The monoisotopic (exact) mass is 796 g/mol. The summed E-state index contributed by atoms with van der Waals surface area (Å²) in [5.74, 6) is -0.774. The number of nitrogens with one attached hydrogen (secondary N) is 1. The van der Waals surface area contributed by atoms with E-state index in [0.717, 1.165) is 12.1 Å². The van der Waals surface area contributed by atoms with Crippen molar-refractivity contribution in [2.24, 2.45) is 15.5 Å². The third-order valence-electron chi connectivity index (χ3n) is 7.72. The summed E-state index contributed by atoms with van der Waals surface area (Å²) in [5.41, 5.74) is 1.81. The first-order chi connectivity index (χ1) is 25.3. The quantitative estimate of drug-likeness (QED) is 0.126. The maximum atomic E-state index is 12.9. The normalized spacial score (nSPS) is 13.6. The molecule has 1 aromatic heterocycles. The van der Waals surface area contributed by atoms with E-state index in [1.807, 2.05) is 20.8 Å². The first kappa shape index (κ1) is 39.7. The van der Waals surface area contributed by atoms with Gasteiger partial charge in [0.05, 0.1) is 45.3 Å². The van der Waals surface area contributed by atoms with E-state index in [4.69, 9.17) is 26.6 Å². The standard InChI is InChI=1S/C34H33ClN8O9S2/c1-5-52-28(44)19-42(14-6-13-36)23-11-12-27(26(35)17-23)38-29-30(34(2,3)4)40-43-32(29)39-31(41-43)20-7-9-22(10-8-20)37-33(45)21-15-24(53(46,47)48)18-25(16-21)54(49,50)51/h7-12,15-18H,5-6,14,19H2,1-4H3,(H,37,45)(H,46,47,48)(H,49,50,51)/b38-29-. The number of aromatic nitrogens is 3. The summed E-state index contributed by atoms with van der Waals surface area (Å²) in [6.45, 7) is 8.01. The number of hydrogen-bond donors (Lipinski definition) is 3. The highest BCUT2D eigenvalue weighted by Crippen LogP contribution is 2.34.